The van der Waals surface area contributed by atoms with Gasteiger partial charge in [0.2, 0.25) is 5.91 Å². The quantitative estimate of drug-likeness (QED) is 0.875. The first-order valence-corrected chi connectivity index (χ1v) is 6.06. The lowest BCUT2D eigenvalue weighted by Crippen LogP contribution is -2.41. The zero-order valence-corrected chi connectivity index (χ0v) is 11.5. The summed E-state index contributed by atoms with van der Waals surface area (Å²) < 4.78 is 41.1. The van der Waals surface area contributed by atoms with Gasteiger partial charge in [-0.15, -0.1) is 0 Å². The van der Waals surface area contributed by atoms with Gasteiger partial charge in [-0.05, 0) is 31.2 Å². The molecule has 1 atom stereocenters. The van der Waals surface area contributed by atoms with Gasteiger partial charge in [0.15, 0.2) is 6.10 Å². The highest BCUT2D eigenvalue weighted by Crippen LogP contribution is 2.17. The molecule has 0 aliphatic heterocycles. The van der Waals surface area contributed by atoms with E-state index >= 15 is 0 Å². The average molecular weight is 304 g/mol. The number of carbonyl (C=O) groups excluding carboxylic acids is 2. The third-order valence-corrected chi connectivity index (χ3v) is 2.32. The van der Waals surface area contributed by atoms with Gasteiger partial charge in [-0.1, -0.05) is 0 Å². The Bertz CT molecular complexity index is 500. The fourth-order valence-corrected chi connectivity index (χ4v) is 1.41. The fraction of sp³-hybridized carbons (Fsp3) is 0.385. The highest BCUT2D eigenvalue weighted by atomic mass is 19.4. The highest BCUT2D eigenvalue weighted by molar-refractivity contribution is 5.88. The lowest BCUT2D eigenvalue weighted by atomic mass is 10.3. The van der Waals surface area contributed by atoms with Crippen molar-refractivity contribution < 1.29 is 27.5 Å². The number of hydrogen-bond acceptors (Lipinski definition) is 3. The van der Waals surface area contributed by atoms with Crippen molar-refractivity contribution in [3.8, 4) is 5.75 Å². The van der Waals surface area contributed by atoms with Crippen LogP contribution in [0.2, 0.25) is 0 Å². The van der Waals surface area contributed by atoms with E-state index < -0.39 is 24.7 Å². The number of anilines is 1. The van der Waals surface area contributed by atoms with Gasteiger partial charge in [0.25, 0.3) is 5.91 Å². The van der Waals surface area contributed by atoms with E-state index in [0.29, 0.717) is 11.4 Å². The van der Waals surface area contributed by atoms with Crippen LogP contribution in [-0.4, -0.2) is 30.6 Å². The predicted octanol–water partition coefficient (Wildman–Crippen LogP) is 2.09. The second kappa shape index (κ2) is 6.96. The molecule has 0 saturated heterocycles. The minimum Gasteiger partial charge on any atom is -0.481 e. The second-order valence-corrected chi connectivity index (χ2v) is 4.30. The smallest absolute Gasteiger partial charge is 0.405 e. The molecule has 0 aliphatic rings. The van der Waals surface area contributed by atoms with Gasteiger partial charge >= 0.3 is 6.18 Å². The molecule has 0 aliphatic carbocycles. The first-order valence-electron chi connectivity index (χ1n) is 6.06. The molecular weight excluding hydrogens is 289 g/mol. The minimum atomic E-state index is -4.46. The topological polar surface area (TPSA) is 67.4 Å². The average Bonchev–Trinajstić information content (AvgIpc) is 2.36. The summed E-state index contributed by atoms with van der Waals surface area (Å²) in [5, 5.41) is 4.28. The van der Waals surface area contributed by atoms with Crippen LogP contribution in [0, 0.1) is 0 Å². The summed E-state index contributed by atoms with van der Waals surface area (Å²) in [5.41, 5.74) is 0.545. The summed E-state index contributed by atoms with van der Waals surface area (Å²) in [4.78, 5) is 22.2. The van der Waals surface area contributed by atoms with E-state index in [9.17, 15) is 22.8 Å². The van der Waals surface area contributed by atoms with Gasteiger partial charge < -0.3 is 15.4 Å². The molecule has 8 heteroatoms. The lowest BCUT2D eigenvalue weighted by Gasteiger charge is -2.15. The number of nitrogens with one attached hydrogen (secondary N) is 2. The summed E-state index contributed by atoms with van der Waals surface area (Å²) in [7, 11) is 0. The van der Waals surface area contributed by atoms with Crippen LogP contribution in [0.1, 0.15) is 13.8 Å². The van der Waals surface area contributed by atoms with Crippen molar-refractivity contribution in [3.05, 3.63) is 24.3 Å². The molecule has 1 aromatic rings. The van der Waals surface area contributed by atoms with E-state index in [1.807, 2.05) is 0 Å². The normalized spacial score (nSPS) is 12.4. The summed E-state index contributed by atoms with van der Waals surface area (Å²) in [6, 6.07) is 6.10. The Morgan fingerprint density at radius 3 is 2.29 bits per heavy atom. The third kappa shape index (κ3) is 6.64. The molecule has 1 rings (SSSR count). The van der Waals surface area contributed by atoms with Crippen LogP contribution < -0.4 is 15.4 Å². The van der Waals surface area contributed by atoms with E-state index in [1.165, 1.54) is 26.0 Å². The van der Waals surface area contributed by atoms with Gasteiger partial charge in [-0.2, -0.15) is 13.2 Å². The summed E-state index contributed by atoms with van der Waals surface area (Å²) >= 11 is 0. The van der Waals surface area contributed by atoms with Crippen LogP contribution in [0.15, 0.2) is 24.3 Å². The van der Waals surface area contributed by atoms with Crippen LogP contribution in [0.5, 0.6) is 5.75 Å². The van der Waals surface area contributed by atoms with Gasteiger partial charge in [-0.25, -0.2) is 0 Å². The van der Waals surface area contributed by atoms with Gasteiger partial charge in [0.05, 0.1) is 0 Å². The molecule has 2 N–H and O–H groups in total. The molecule has 0 radical (unpaired) electrons. The molecule has 116 valence electrons. The maximum atomic E-state index is 12.0. The molecule has 0 spiro atoms. The van der Waals surface area contributed by atoms with E-state index in [2.05, 4.69) is 5.32 Å². The molecule has 2 amide bonds. The minimum absolute atomic E-state index is 0.233. The number of amides is 2. The zero-order chi connectivity index (χ0) is 16.0. The number of benzene rings is 1. The summed E-state index contributed by atoms with van der Waals surface area (Å²) in [5.74, 6) is -0.791. The van der Waals surface area contributed by atoms with E-state index in [0.717, 1.165) is 0 Å². The van der Waals surface area contributed by atoms with E-state index in [-0.39, 0.29) is 5.91 Å². The van der Waals surface area contributed by atoms with Crippen molar-refractivity contribution in [3.63, 3.8) is 0 Å². The molecular formula is C13H15F3N2O3. The SMILES string of the molecule is CC(=O)Nc1ccc(O[C@@H](C)C(=O)NCC(F)(F)F)cc1. The number of rotatable bonds is 5. The lowest BCUT2D eigenvalue weighted by molar-refractivity contribution is -0.142. The molecule has 0 heterocycles. The van der Waals surface area contributed by atoms with Crippen LogP contribution >= 0.6 is 0 Å². The molecule has 0 saturated carbocycles. The van der Waals surface area contributed by atoms with Crippen molar-refractivity contribution in [1.29, 1.82) is 0 Å². The Kier molecular flexibility index (Phi) is 5.57. The second-order valence-electron chi connectivity index (χ2n) is 4.30. The summed E-state index contributed by atoms with van der Waals surface area (Å²) in [6.45, 7) is 1.30. The maximum absolute atomic E-state index is 12.0. The first-order chi connectivity index (χ1) is 9.67. The largest absolute Gasteiger partial charge is 0.481 e. The van der Waals surface area contributed by atoms with E-state index in [1.54, 1.807) is 17.4 Å². The Balaban J connectivity index is 2.52. The molecule has 0 fully saturated rings. The zero-order valence-electron chi connectivity index (χ0n) is 11.5. The molecule has 0 aromatic heterocycles. The molecule has 0 bridgehead atoms. The van der Waals surface area contributed by atoms with Crippen molar-refractivity contribution in [2.24, 2.45) is 0 Å². The third-order valence-electron chi connectivity index (χ3n) is 2.32. The Hall–Kier alpha value is -2.25. The van der Waals surface area contributed by atoms with Gasteiger partial charge in [0.1, 0.15) is 12.3 Å². The maximum Gasteiger partial charge on any atom is 0.405 e. The Morgan fingerprint density at radius 2 is 1.81 bits per heavy atom. The van der Waals surface area contributed by atoms with Crippen LogP contribution in [0.3, 0.4) is 0 Å². The Labute approximate surface area is 119 Å². The predicted molar refractivity (Wildman–Crippen MR) is 69.9 cm³/mol. The first kappa shape index (κ1) is 16.8. The summed E-state index contributed by atoms with van der Waals surface area (Å²) in [6.07, 6.45) is -5.53. The number of carbonyl (C=O) groups is 2. The number of hydrogen-bond donors (Lipinski definition) is 2. The Morgan fingerprint density at radius 1 is 1.24 bits per heavy atom. The van der Waals surface area contributed by atoms with Crippen molar-refractivity contribution in [2.45, 2.75) is 26.1 Å². The van der Waals surface area contributed by atoms with Crippen molar-refractivity contribution in [2.75, 3.05) is 11.9 Å². The highest BCUT2D eigenvalue weighted by Gasteiger charge is 2.29. The molecule has 5 nitrogen and oxygen atoms in total. The van der Waals surface area contributed by atoms with Crippen molar-refractivity contribution >= 4 is 17.5 Å². The monoisotopic (exact) mass is 304 g/mol. The fourth-order valence-electron chi connectivity index (χ4n) is 1.41. The number of alkyl halides is 3. The number of ether oxygens (including phenoxy) is 1. The standard InChI is InChI=1S/C13H15F3N2O3/c1-8(12(20)17-7-13(14,15)16)21-11-5-3-10(4-6-11)18-9(2)19/h3-6,8H,7H2,1-2H3,(H,17,20)(H,18,19)/t8-/m0/s1. The van der Waals surface area contributed by atoms with Crippen LogP contribution in [0.25, 0.3) is 0 Å². The molecule has 1 aromatic carbocycles. The molecule has 21 heavy (non-hydrogen) atoms. The number of halogens is 3. The van der Waals surface area contributed by atoms with Gasteiger partial charge in [-0.3, -0.25) is 9.59 Å². The van der Waals surface area contributed by atoms with E-state index in [4.69, 9.17) is 4.74 Å². The van der Waals surface area contributed by atoms with Gasteiger partial charge in [0, 0.05) is 12.6 Å². The van der Waals surface area contributed by atoms with Crippen molar-refractivity contribution in [1.82, 2.24) is 5.32 Å². The molecule has 0 unspecified atom stereocenters. The van der Waals surface area contributed by atoms with Crippen LogP contribution in [0.4, 0.5) is 18.9 Å². The van der Waals surface area contributed by atoms with Crippen LogP contribution in [-0.2, 0) is 9.59 Å².